The van der Waals surface area contributed by atoms with Crippen LogP contribution in [0.2, 0.25) is 0 Å². The van der Waals surface area contributed by atoms with Gasteiger partial charge in [0.05, 0.1) is 12.0 Å². The highest BCUT2D eigenvalue weighted by molar-refractivity contribution is 5.83. The van der Waals surface area contributed by atoms with Gasteiger partial charge < -0.3 is 9.42 Å². The number of aromatic nitrogens is 2. The van der Waals surface area contributed by atoms with Crippen molar-refractivity contribution >= 4 is 5.91 Å². The van der Waals surface area contributed by atoms with Gasteiger partial charge in [-0.1, -0.05) is 50.2 Å². The Kier molecular flexibility index (Phi) is 5.47. The third-order valence-electron chi connectivity index (χ3n) is 6.60. The summed E-state index contributed by atoms with van der Waals surface area (Å²) in [6.07, 6.45) is 3.76. The number of hydrogen-bond acceptors (Lipinski definition) is 5. The minimum Gasteiger partial charge on any atom is -0.341 e. The van der Waals surface area contributed by atoms with Gasteiger partial charge in [-0.2, -0.15) is 4.98 Å². The lowest BCUT2D eigenvalue weighted by molar-refractivity contribution is -0.141. The number of nitrogens with zero attached hydrogens (tertiary/aromatic N) is 4. The van der Waals surface area contributed by atoms with E-state index >= 15 is 0 Å². The van der Waals surface area contributed by atoms with E-state index in [-0.39, 0.29) is 11.3 Å². The highest BCUT2D eigenvalue weighted by Gasteiger charge is 2.41. The lowest BCUT2D eigenvalue weighted by Crippen LogP contribution is -2.45. The largest absolute Gasteiger partial charge is 0.341 e. The first-order valence-corrected chi connectivity index (χ1v) is 10.7. The van der Waals surface area contributed by atoms with Crippen LogP contribution in [0.4, 0.5) is 0 Å². The molecular weight excluding hydrogens is 364 g/mol. The van der Waals surface area contributed by atoms with Crippen molar-refractivity contribution < 1.29 is 9.32 Å². The maximum absolute atomic E-state index is 13.4. The fourth-order valence-electron chi connectivity index (χ4n) is 4.66. The van der Waals surface area contributed by atoms with E-state index in [1.807, 2.05) is 13.8 Å². The molecule has 1 aromatic heterocycles. The SMILES string of the molecule is CC(C)c1nc(CN(C)C2CCN(C(=O)C3(C)CCc4ccccc4C3)C2)no1. The second-order valence-electron chi connectivity index (χ2n) is 9.32. The minimum absolute atomic E-state index is 0.238. The van der Waals surface area contributed by atoms with Crippen molar-refractivity contribution in [1.29, 1.82) is 0 Å². The van der Waals surface area contributed by atoms with Crippen LogP contribution in [-0.4, -0.2) is 52.0 Å². The lowest BCUT2D eigenvalue weighted by atomic mass is 9.72. The normalized spacial score (nSPS) is 24.3. The van der Waals surface area contributed by atoms with Crippen LogP contribution in [-0.2, 0) is 24.2 Å². The molecule has 2 heterocycles. The van der Waals surface area contributed by atoms with Gasteiger partial charge in [0.25, 0.3) is 0 Å². The van der Waals surface area contributed by atoms with Gasteiger partial charge in [0.15, 0.2) is 5.82 Å². The number of benzene rings is 1. The number of amides is 1. The topological polar surface area (TPSA) is 62.5 Å². The standard InChI is InChI=1S/C23H32N4O2/c1-16(2)21-24-20(25-29-21)15-26(4)19-10-12-27(14-19)22(28)23(3)11-9-17-7-5-6-8-18(17)13-23/h5-8,16,19H,9-15H2,1-4H3. The Morgan fingerprint density at radius 1 is 1.34 bits per heavy atom. The molecule has 1 aliphatic carbocycles. The highest BCUT2D eigenvalue weighted by atomic mass is 16.5. The average Bonchev–Trinajstić information content (AvgIpc) is 3.37. The Labute approximate surface area is 173 Å². The van der Waals surface area contributed by atoms with E-state index in [9.17, 15) is 4.79 Å². The molecule has 156 valence electrons. The Balaban J connectivity index is 1.37. The summed E-state index contributed by atoms with van der Waals surface area (Å²) in [5.41, 5.74) is 2.44. The monoisotopic (exact) mass is 396 g/mol. The van der Waals surface area contributed by atoms with Gasteiger partial charge in [0.2, 0.25) is 11.8 Å². The van der Waals surface area contributed by atoms with Crippen LogP contribution < -0.4 is 0 Å². The Hall–Kier alpha value is -2.21. The van der Waals surface area contributed by atoms with Gasteiger partial charge in [0, 0.05) is 25.0 Å². The Morgan fingerprint density at radius 3 is 2.83 bits per heavy atom. The predicted octanol–water partition coefficient (Wildman–Crippen LogP) is 3.42. The smallest absolute Gasteiger partial charge is 0.229 e. The van der Waals surface area contributed by atoms with Gasteiger partial charge in [0.1, 0.15) is 0 Å². The number of carbonyl (C=O) groups excluding carboxylic acids is 1. The summed E-state index contributed by atoms with van der Waals surface area (Å²) in [6, 6.07) is 8.88. The molecule has 1 aliphatic heterocycles. The molecule has 2 atom stereocenters. The van der Waals surface area contributed by atoms with E-state index in [2.05, 4.69) is 58.2 Å². The fourth-order valence-corrected chi connectivity index (χ4v) is 4.66. The van der Waals surface area contributed by atoms with Crippen LogP contribution in [0.1, 0.15) is 62.4 Å². The number of fused-ring (bicyclic) bond motifs is 1. The Bertz CT molecular complexity index is 877. The number of likely N-dealkylation sites (N-methyl/N-ethyl adjacent to an activating group) is 1. The van der Waals surface area contributed by atoms with E-state index in [1.54, 1.807) is 0 Å². The second kappa shape index (κ2) is 7.90. The van der Waals surface area contributed by atoms with E-state index in [0.29, 0.717) is 24.4 Å². The number of rotatable bonds is 5. The van der Waals surface area contributed by atoms with Gasteiger partial charge in [-0.15, -0.1) is 0 Å². The fraction of sp³-hybridized carbons (Fsp3) is 0.609. The molecule has 1 fully saturated rings. The van der Waals surface area contributed by atoms with Crippen molar-refractivity contribution in [3.8, 4) is 0 Å². The van der Waals surface area contributed by atoms with Crippen molar-refractivity contribution in [2.24, 2.45) is 5.41 Å². The first kappa shape index (κ1) is 20.1. The van der Waals surface area contributed by atoms with Crippen molar-refractivity contribution in [3.63, 3.8) is 0 Å². The first-order chi connectivity index (χ1) is 13.9. The summed E-state index contributed by atoms with van der Waals surface area (Å²) in [6.45, 7) is 8.50. The van der Waals surface area contributed by atoms with Crippen LogP contribution in [0.25, 0.3) is 0 Å². The summed E-state index contributed by atoms with van der Waals surface area (Å²) in [5, 5.41) is 4.10. The quantitative estimate of drug-likeness (QED) is 0.775. The zero-order valence-electron chi connectivity index (χ0n) is 18.0. The van der Waals surface area contributed by atoms with E-state index in [1.165, 1.54) is 11.1 Å². The Morgan fingerprint density at radius 2 is 2.10 bits per heavy atom. The third-order valence-corrected chi connectivity index (χ3v) is 6.60. The van der Waals surface area contributed by atoms with Gasteiger partial charge >= 0.3 is 0 Å². The summed E-state index contributed by atoms with van der Waals surface area (Å²) in [4.78, 5) is 22.2. The zero-order valence-corrected chi connectivity index (χ0v) is 18.0. The van der Waals surface area contributed by atoms with E-state index < -0.39 is 0 Å². The maximum atomic E-state index is 13.4. The van der Waals surface area contributed by atoms with Gasteiger partial charge in [-0.25, -0.2) is 0 Å². The van der Waals surface area contributed by atoms with Crippen molar-refractivity contribution in [2.45, 2.75) is 65.0 Å². The first-order valence-electron chi connectivity index (χ1n) is 10.7. The summed E-state index contributed by atoms with van der Waals surface area (Å²) in [5.74, 6) is 1.95. The van der Waals surface area contributed by atoms with Crippen LogP contribution >= 0.6 is 0 Å². The lowest BCUT2D eigenvalue weighted by Gasteiger charge is -2.37. The molecule has 0 saturated carbocycles. The molecule has 6 heteroatoms. The van der Waals surface area contributed by atoms with Crippen LogP contribution in [0, 0.1) is 5.41 Å². The number of hydrogen-bond donors (Lipinski definition) is 0. The molecule has 6 nitrogen and oxygen atoms in total. The van der Waals surface area contributed by atoms with E-state index in [4.69, 9.17) is 4.52 Å². The molecule has 0 bridgehead atoms. The number of carbonyl (C=O) groups is 1. The summed E-state index contributed by atoms with van der Waals surface area (Å²) < 4.78 is 5.32. The van der Waals surface area contributed by atoms with Gasteiger partial charge in [-0.05, 0) is 43.9 Å². The molecule has 2 aliphatic rings. The number of likely N-dealkylation sites (tertiary alicyclic amines) is 1. The van der Waals surface area contributed by atoms with Crippen molar-refractivity contribution in [2.75, 3.05) is 20.1 Å². The second-order valence-corrected chi connectivity index (χ2v) is 9.32. The molecule has 0 spiro atoms. The van der Waals surface area contributed by atoms with Crippen molar-refractivity contribution in [3.05, 3.63) is 47.1 Å². The minimum atomic E-state index is -0.290. The van der Waals surface area contributed by atoms with E-state index in [0.717, 1.165) is 44.6 Å². The molecule has 4 rings (SSSR count). The van der Waals surface area contributed by atoms with Gasteiger partial charge in [-0.3, -0.25) is 9.69 Å². The van der Waals surface area contributed by atoms with Crippen LogP contribution in [0.15, 0.2) is 28.8 Å². The molecule has 1 aromatic carbocycles. The molecule has 29 heavy (non-hydrogen) atoms. The maximum Gasteiger partial charge on any atom is 0.229 e. The molecule has 1 amide bonds. The molecule has 0 radical (unpaired) electrons. The zero-order chi connectivity index (χ0) is 20.6. The molecular formula is C23H32N4O2. The molecule has 1 saturated heterocycles. The molecule has 2 aromatic rings. The summed E-state index contributed by atoms with van der Waals surface area (Å²) in [7, 11) is 2.09. The number of aryl methyl sites for hydroxylation is 1. The van der Waals surface area contributed by atoms with Crippen LogP contribution in [0.3, 0.4) is 0 Å². The predicted molar refractivity (Wildman–Crippen MR) is 111 cm³/mol. The summed E-state index contributed by atoms with van der Waals surface area (Å²) >= 11 is 0. The highest BCUT2D eigenvalue weighted by Crippen LogP contribution is 2.37. The molecule has 0 N–H and O–H groups in total. The molecule has 2 unspecified atom stereocenters. The third kappa shape index (κ3) is 4.08. The average molecular weight is 397 g/mol. The van der Waals surface area contributed by atoms with Crippen molar-refractivity contribution in [1.82, 2.24) is 19.9 Å². The van der Waals surface area contributed by atoms with Crippen LogP contribution in [0.5, 0.6) is 0 Å².